The van der Waals surface area contributed by atoms with Crippen LogP contribution in [0.25, 0.3) is 5.65 Å². The summed E-state index contributed by atoms with van der Waals surface area (Å²) >= 11 is 9.22. The highest BCUT2D eigenvalue weighted by atomic mass is 79.9. The van der Waals surface area contributed by atoms with Crippen LogP contribution < -0.4 is 5.32 Å². The standard InChI is InChI=1S/C12H7BrClN5O/c13-8-5-10(14)18-19-9(6-16-11(8)19)12(20)17-7-1-3-15-4-2-7/h1-6H,(H,15,17,20). The Labute approximate surface area is 126 Å². The van der Waals surface area contributed by atoms with Crippen molar-refractivity contribution in [3.05, 3.63) is 52.1 Å². The lowest BCUT2D eigenvalue weighted by Gasteiger charge is -2.04. The van der Waals surface area contributed by atoms with Crippen molar-refractivity contribution in [2.24, 2.45) is 0 Å². The van der Waals surface area contributed by atoms with E-state index in [1.54, 1.807) is 30.6 Å². The van der Waals surface area contributed by atoms with Crippen molar-refractivity contribution in [3.63, 3.8) is 0 Å². The van der Waals surface area contributed by atoms with Gasteiger partial charge in [0, 0.05) is 18.1 Å². The highest BCUT2D eigenvalue weighted by molar-refractivity contribution is 9.10. The molecule has 0 bridgehead atoms. The van der Waals surface area contributed by atoms with Crippen LogP contribution in [0, 0.1) is 0 Å². The van der Waals surface area contributed by atoms with Gasteiger partial charge in [-0.25, -0.2) is 9.50 Å². The number of carbonyl (C=O) groups excluding carboxylic acids is 1. The lowest BCUT2D eigenvalue weighted by Crippen LogP contribution is -2.15. The summed E-state index contributed by atoms with van der Waals surface area (Å²) in [7, 11) is 0. The number of halogens is 2. The molecule has 3 rings (SSSR count). The van der Waals surface area contributed by atoms with Gasteiger partial charge in [-0.05, 0) is 34.1 Å². The Kier molecular flexibility index (Phi) is 3.37. The molecule has 0 radical (unpaired) electrons. The zero-order chi connectivity index (χ0) is 14.1. The summed E-state index contributed by atoms with van der Waals surface area (Å²) in [5.41, 5.74) is 1.45. The van der Waals surface area contributed by atoms with Gasteiger partial charge in [0.1, 0.15) is 0 Å². The van der Waals surface area contributed by atoms with Crippen LogP contribution in [0.15, 0.2) is 41.3 Å². The van der Waals surface area contributed by atoms with Gasteiger partial charge in [0.05, 0.1) is 10.7 Å². The first kappa shape index (κ1) is 13.0. The fraction of sp³-hybridized carbons (Fsp3) is 0. The van der Waals surface area contributed by atoms with Crippen LogP contribution in [-0.4, -0.2) is 25.5 Å². The van der Waals surface area contributed by atoms with Gasteiger partial charge in [-0.2, -0.15) is 5.10 Å². The number of anilines is 1. The molecule has 6 nitrogen and oxygen atoms in total. The van der Waals surface area contributed by atoms with E-state index in [1.165, 1.54) is 10.7 Å². The third-order valence-electron chi connectivity index (χ3n) is 2.56. The van der Waals surface area contributed by atoms with E-state index in [-0.39, 0.29) is 11.1 Å². The number of imidazole rings is 1. The first-order chi connectivity index (χ1) is 9.65. The van der Waals surface area contributed by atoms with E-state index in [0.717, 1.165) is 0 Å². The molecule has 0 aromatic carbocycles. The molecule has 3 aromatic rings. The average molecular weight is 353 g/mol. The molecule has 0 unspecified atom stereocenters. The minimum absolute atomic E-state index is 0.264. The first-order valence-corrected chi connectivity index (χ1v) is 6.73. The topological polar surface area (TPSA) is 72.2 Å². The third kappa shape index (κ3) is 2.37. The molecule has 0 saturated carbocycles. The van der Waals surface area contributed by atoms with Crippen molar-refractivity contribution in [2.45, 2.75) is 0 Å². The number of pyridine rings is 1. The lowest BCUT2D eigenvalue weighted by molar-refractivity contribution is 0.102. The minimum Gasteiger partial charge on any atom is -0.320 e. The summed E-state index contributed by atoms with van der Waals surface area (Å²) in [6, 6.07) is 5.00. The molecule has 0 aliphatic carbocycles. The normalized spacial score (nSPS) is 10.7. The lowest BCUT2D eigenvalue weighted by atomic mass is 10.3. The molecule has 1 amide bonds. The van der Waals surface area contributed by atoms with E-state index < -0.39 is 0 Å². The van der Waals surface area contributed by atoms with E-state index in [2.05, 4.69) is 36.3 Å². The van der Waals surface area contributed by atoms with Crippen LogP contribution >= 0.6 is 27.5 Å². The second-order valence-corrected chi connectivity index (χ2v) is 5.13. The van der Waals surface area contributed by atoms with Crippen LogP contribution in [-0.2, 0) is 0 Å². The van der Waals surface area contributed by atoms with E-state index >= 15 is 0 Å². The van der Waals surface area contributed by atoms with Crippen molar-refractivity contribution < 1.29 is 4.79 Å². The van der Waals surface area contributed by atoms with Crippen molar-refractivity contribution in [1.29, 1.82) is 0 Å². The van der Waals surface area contributed by atoms with Crippen LogP contribution in [0.3, 0.4) is 0 Å². The summed E-state index contributed by atoms with van der Waals surface area (Å²) in [6.07, 6.45) is 4.63. The second kappa shape index (κ2) is 5.18. The summed E-state index contributed by atoms with van der Waals surface area (Å²) in [5, 5.41) is 7.08. The average Bonchev–Trinajstić information content (AvgIpc) is 2.84. The Hall–Kier alpha value is -1.99. The number of fused-ring (bicyclic) bond motifs is 1. The molecule has 0 fully saturated rings. The van der Waals surface area contributed by atoms with Gasteiger partial charge >= 0.3 is 0 Å². The third-order valence-corrected chi connectivity index (χ3v) is 3.33. The fourth-order valence-corrected chi connectivity index (χ4v) is 2.49. The van der Waals surface area contributed by atoms with Gasteiger partial charge in [-0.3, -0.25) is 9.78 Å². The molecule has 100 valence electrons. The molecule has 3 aromatic heterocycles. The molecule has 0 saturated heterocycles. The number of rotatable bonds is 2. The summed E-state index contributed by atoms with van der Waals surface area (Å²) in [6.45, 7) is 0. The van der Waals surface area contributed by atoms with Gasteiger partial charge in [0.2, 0.25) is 0 Å². The number of nitrogens with zero attached hydrogens (tertiary/aromatic N) is 4. The summed E-state index contributed by atoms with van der Waals surface area (Å²) in [4.78, 5) is 20.2. The summed E-state index contributed by atoms with van der Waals surface area (Å²) < 4.78 is 2.06. The molecular formula is C12H7BrClN5O. The molecule has 20 heavy (non-hydrogen) atoms. The Bertz CT molecular complexity index is 789. The van der Waals surface area contributed by atoms with Crippen molar-refractivity contribution in [1.82, 2.24) is 19.6 Å². The molecule has 8 heteroatoms. The molecule has 1 N–H and O–H groups in total. The maximum atomic E-state index is 12.2. The number of aromatic nitrogens is 4. The first-order valence-electron chi connectivity index (χ1n) is 5.56. The van der Waals surface area contributed by atoms with Crippen molar-refractivity contribution >= 4 is 44.8 Å². The number of hydrogen-bond donors (Lipinski definition) is 1. The van der Waals surface area contributed by atoms with Gasteiger partial charge < -0.3 is 5.32 Å². The Morgan fingerprint density at radius 3 is 2.85 bits per heavy atom. The minimum atomic E-state index is -0.328. The van der Waals surface area contributed by atoms with E-state index in [1.807, 2.05) is 0 Å². The maximum absolute atomic E-state index is 12.2. The smallest absolute Gasteiger partial charge is 0.276 e. The Morgan fingerprint density at radius 1 is 1.35 bits per heavy atom. The van der Waals surface area contributed by atoms with Gasteiger partial charge in [-0.15, -0.1) is 0 Å². The molecular weight excluding hydrogens is 346 g/mol. The molecule has 0 aliphatic rings. The van der Waals surface area contributed by atoms with E-state index in [4.69, 9.17) is 11.6 Å². The quantitative estimate of drug-likeness (QED) is 0.770. The zero-order valence-electron chi connectivity index (χ0n) is 9.92. The highest BCUT2D eigenvalue weighted by Crippen LogP contribution is 2.21. The second-order valence-electron chi connectivity index (χ2n) is 3.88. The Morgan fingerprint density at radius 2 is 2.10 bits per heavy atom. The highest BCUT2D eigenvalue weighted by Gasteiger charge is 2.15. The fourth-order valence-electron chi connectivity index (χ4n) is 1.69. The van der Waals surface area contributed by atoms with Crippen molar-refractivity contribution in [3.8, 4) is 0 Å². The van der Waals surface area contributed by atoms with Gasteiger partial charge in [0.15, 0.2) is 16.5 Å². The molecule has 3 heterocycles. The number of amides is 1. The molecule has 0 atom stereocenters. The Balaban J connectivity index is 2.00. The van der Waals surface area contributed by atoms with E-state index in [9.17, 15) is 4.79 Å². The maximum Gasteiger partial charge on any atom is 0.276 e. The molecule has 0 spiro atoms. The summed E-state index contributed by atoms with van der Waals surface area (Å²) in [5.74, 6) is -0.328. The predicted octanol–water partition coefficient (Wildman–Crippen LogP) is 2.79. The van der Waals surface area contributed by atoms with Crippen molar-refractivity contribution in [2.75, 3.05) is 5.32 Å². The van der Waals surface area contributed by atoms with Crippen LogP contribution in [0.5, 0.6) is 0 Å². The number of carbonyl (C=O) groups is 1. The number of nitrogens with one attached hydrogen (secondary N) is 1. The number of hydrogen-bond acceptors (Lipinski definition) is 4. The van der Waals surface area contributed by atoms with Crippen LogP contribution in [0.4, 0.5) is 5.69 Å². The van der Waals surface area contributed by atoms with Gasteiger partial charge in [-0.1, -0.05) is 11.6 Å². The van der Waals surface area contributed by atoms with Crippen LogP contribution in [0.2, 0.25) is 5.15 Å². The SMILES string of the molecule is O=C(Nc1ccncc1)c1cnc2c(Br)cc(Cl)nn12. The van der Waals surface area contributed by atoms with Crippen LogP contribution in [0.1, 0.15) is 10.5 Å². The monoisotopic (exact) mass is 351 g/mol. The zero-order valence-corrected chi connectivity index (χ0v) is 12.3. The van der Waals surface area contributed by atoms with Gasteiger partial charge in [0.25, 0.3) is 5.91 Å². The van der Waals surface area contributed by atoms with E-state index in [0.29, 0.717) is 21.5 Å². The predicted molar refractivity (Wildman–Crippen MR) is 77.9 cm³/mol. The largest absolute Gasteiger partial charge is 0.320 e. The molecule has 0 aliphatic heterocycles.